The summed E-state index contributed by atoms with van der Waals surface area (Å²) < 4.78 is 9.11. The molecular weight excluding hydrogens is 380 g/mol. The van der Waals surface area contributed by atoms with E-state index in [0.29, 0.717) is 29.8 Å². The van der Waals surface area contributed by atoms with Crippen molar-refractivity contribution in [2.45, 2.75) is 70.5 Å². The summed E-state index contributed by atoms with van der Waals surface area (Å²) in [6.45, 7) is 4.14. The summed E-state index contributed by atoms with van der Waals surface area (Å²) in [6.07, 6.45) is 5.46. The summed E-state index contributed by atoms with van der Waals surface area (Å²) in [4.78, 5) is 29.4. The van der Waals surface area contributed by atoms with E-state index in [-0.39, 0.29) is 17.7 Å². The molecule has 1 aromatic heterocycles. The molecule has 2 aliphatic rings. The first kappa shape index (κ1) is 21.0. The van der Waals surface area contributed by atoms with Gasteiger partial charge >= 0.3 is 12.0 Å². The number of aromatic nitrogens is 2. The zero-order valence-corrected chi connectivity index (χ0v) is 17.5. The third-order valence-corrected chi connectivity index (χ3v) is 6.49. The molecule has 2 heterocycles. The number of anilines is 1. The van der Waals surface area contributed by atoms with Crippen LogP contribution in [0.25, 0.3) is 0 Å². The number of piperidine rings is 1. The van der Waals surface area contributed by atoms with Crippen molar-refractivity contribution in [3.63, 3.8) is 0 Å². The van der Waals surface area contributed by atoms with Crippen LogP contribution in [0.3, 0.4) is 0 Å². The molecule has 1 saturated carbocycles. The molecule has 3 N–H and O–H groups in total. The Kier molecular flexibility index (Phi) is 6.87. The van der Waals surface area contributed by atoms with Gasteiger partial charge in [0, 0.05) is 11.5 Å². The number of hydrogen-bond acceptors (Lipinski definition) is 8. The first-order valence-corrected chi connectivity index (χ1v) is 10.8. The lowest BCUT2D eigenvalue weighted by Gasteiger charge is -2.44. The predicted octanol–water partition coefficient (Wildman–Crippen LogP) is 2.56. The molecule has 0 aromatic carbocycles. The van der Waals surface area contributed by atoms with Crippen LogP contribution in [0.5, 0.6) is 6.01 Å². The fourth-order valence-corrected chi connectivity index (χ4v) is 5.17. The van der Waals surface area contributed by atoms with E-state index in [0.717, 1.165) is 37.2 Å². The molecule has 0 amide bonds. The molecule has 3 rings (SSSR count). The van der Waals surface area contributed by atoms with Crippen LogP contribution < -0.4 is 15.4 Å². The molecule has 1 aliphatic heterocycles. The Morgan fingerprint density at radius 2 is 2.11 bits per heavy atom. The van der Waals surface area contributed by atoms with Gasteiger partial charge in [0.2, 0.25) is 5.13 Å². The lowest BCUT2D eigenvalue weighted by Crippen LogP contribution is -2.60. The van der Waals surface area contributed by atoms with Crippen LogP contribution in [-0.2, 0) is 9.59 Å². The van der Waals surface area contributed by atoms with Gasteiger partial charge in [0.15, 0.2) is 5.78 Å². The normalized spacial score (nSPS) is 28.4. The second kappa shape index (κ2) is 9.17. The van der Waals surface area contributed by atoms with Crippen molar-refractivity contribution in [1.82, 2.24) is 14.7 Å². The second-order valence-corrected chi connectivity index (χ2v) is 9.05. The smallest absolute Gasteiger partial charge is 0.329 e. The number of carboxylic acid groups (broad SMARTS) is 1. The third-order valence-electron chi connectivity index (χ3n) is 5.86. The van der Waals surface area contributed by atoms with Gasteiger partial charge in [-0.1, -0.05) is 33.1 Å². The standard InChI is InChI=1S/C19H30N4O4S/c1-10(2)8-13(21-19-22-18(27-3)23-28-19)16(24)15-12-7-5-4-6-11(12)9-14(20-15)17(25)26/h10-15,20H,4-9H2,1-3H3,(H,25,26)(H,21,22,23)/t11-,12+,13+,14+,15?/m1/s1. The van der Waals surface area contributed by atoms with Crippen molar-refractivity contribution in [3.05, 3.63) is 0 Å². The molecule has 5 atom stereocenters. The molecule has 1 aromatic rings. The highest BCUT2D eigenvalue weighted by Gasteiger charge is 2.45. The number of rotatable bonds is 8. The summed E-state index contributed by atoms with van der Waals surface area (Å²) in [5, 5.41) is 16.5. The van der Waals surface area contributed by atoms with Gasteiger partial charge in [-0.2, -0.15) is 4.98 Å². The van der Waals surface area contributed by atoms with Gasteiger partial charge in [-0.3, -0.25) is 14.9 Å². The van der Waals surface area contributed by atoms with E-state index in [1.165, 1.54) is 7.11 Å². The second-order valence-electron chi connectivity index (χ2n) is 8.29. The highest BCUT2D eigenvalue weighted by atomic mass is 32.1. The number of Topliss-reactive ketones (excluding diaryl/α,β-unsaturated/α-hetero) is 1. The van der Waals surface area contributed by atoms with Crippen LogP contribution in [0.4, 0.5) is 5.13 Å². The Labute approximate surface area is 169 Å². The quantitative estimate of drug-likeness (QED) is 0.599. The number of carbonyl (C=O) groups is 2. The van der Waals surface area contributed by atoms with Gasteiger partial charge in [0.25, 0.3) is 0 Å². The van der Waals surface area contributed by atoms with Gasteiger partial charge in [0.05, 0.1) is 19.2 Å². The monoisotopic (exact) mass is 410 g/mol. The molecule has 28 heavy (non-hydrogen) atoms. The van der Waals surface area contributed by atoms with Gasteiger partial charge in [0.1, 0.15) is 6.04 Å². The van der Waals surface area contributed by atoms with Crippen LogP contribution in [0.15, 0.2) is 0 Å². The summed E-state index contributed by atoms with van der Waals surface area (Å²) in [6, 6.07) is -1.26. The first-order chi connectivity index (χ1) is 13.4. The van der Waals surface area contributed by atoms with Gasteiger partial charge in [-0.25, -0.2) is 0 Å². The first-order valence-electron chi connectivity index (χ1n) is 10.1. The van der Waals surface area contributed by atoms with E-state index in [9.17, 15) is 14.7 Å². The summed E-state index contributed by atoms with van der Waals surface area (Å²) in [5.41, 5.74) is 0. The maximum atomic E-state index is 13.5. The number of aliphatic carboxylic acids is 1. The average Bonchev–Trinajstić information content (AvgIpc) is 3.13. The minimum atomic E-state index is -0.871. The molecule has 156 valence electrons. The Bertz CT molecular complexity index is 695. The molecule has 1 aliphatic carbocycles. The van der Waals surface area contributed by atoms with E-state index < -0.39 is 24.1 Å². The number of methoxy groups -OCH3 is 1. The highest BCUT2D eigenvalue weighted by Crippen LogP contribution is 2.39. The lowest BCUT2D eigenvalue weighted by atomic mass is 9.68. The highest BCUT2D eigenvalue weighted by molar-refractivity contribution is 7.09. The molecule has 0 spiro atoms. The zero-order valence-electron chi connectivity index (χ0n) is 16.7. The SMILES string of the molecule is COc1nsc(N[C@@H](CC(C)C)C(=O)C2N[C@H](C(=O)O)C[C@H]3CCCC[C@H]23)n1. The minimum absolute atomic E-state index is 0.0331. The van der Waals surface area contributed by atoms with Crippen molar-refractivity contribution < 1.29 is 19.4 Å². The van der Waals surface area contributed by atoms with Crippen LogP contribution in [0.1, 0.15) is 52.4 Å². The van der Waals surface area contributed by atoms with Crippen molar-refractivity contribution >= 4 is 28.4 Å². The molecule has 0 radical (unpaired) electrons. The minimum Gasteiger partial charge on any atom is -0.480 e. The number of carbonyl (C=O) groups excluding carboxylic acids is 1. The third kappa shape index (κ3) is 4.81. The Hall–Kier alpha value is -1.74. The van der Waals surface area contributed by atoms with Crippen LogP contribution in [0, 0.1) is 17.8 Å². The zero-order chi connectivity index (χ0) is 20.3. The van der Waals surface area contributed by atoms with Crippen LogP contribution in [0.2, 0.25) is 0 Å². The molecule has 1 saturated heterocycles. The number of fused-ring (bicyclic) bond motifs is 1. The number of ether oxygens (including phenoxy) is 1. The molecule has 9 heteroatoms. The molecule has 1 unspecified atom stereocenters. The maximum absolute atomic E-state index is 13.5. The number of nitrogens with zero attached hydrogens (tertiary/aromatic N) is 2. The number of nitrogens with one attached hydrogen (secondary N) is 2. The van der Waals surface area contributed by atoms with E-state index in [4.69, 9.17) is 4.74 Å². The van der Waals surface area contributed by atoms with Crippen molar-refractivity contribution in [1.29, 1.82) is 0 Å². The van der Waals surface area contributed by atoms with Gasteiger partial charge in [-0.15, -0.1) is 4.37 Å². The summed E-state index contributed by atoms with van der Waals surface area (Å²) >= 11 is 1.16. The number of ketones is 1. The molecular formula is C19H30N4O4S. The predicted molar refractivity (Wildman–Crippen MR) is 107 cm³/mol. The van der Waals surface area contributed by atoms with E-state index in [1.807, 2.05) is 0 Å². The molecule has 8 nitrogen and oxygen atoms in total. The fraction of sp³-hybridized carbons (Fsp3) is 0.789. The summed E-state index contributed by atoms with van der Waals surface area (Å²) in [7, 11) is 1.50. The van der Waals surface area contributed by atoms with Crippen molar-refractivity contribution in [2.24, 2.45) is 17.8 Å². The van der Waals surface area contributed by atoms with Gasteiger partial charge in [-0.05, 0) is 37.0 Å². The Morgan fingerprint density at radius 3 is 2.75 bits per heavy atom. The van der Waals surface area contributed by atoms with Gasteiger partial charge < -0.3 is 15.2 Å². The topological polar surface area (TPSA) is 113 Å². The van der Waals surface area contributed by atoms with E-state index in [2.05, 4.69) is 33.8 Å². The fourth-order valence-electron chi connectivity index (χ4n) is 4.58. The average molecular weight is 411 g/mol. The number of carboxylic acids is 1. The molecule has 2 fully saturated rings. The van der Waals surface area contributed by atoms with E-state index in [1.54, 1.807) is 0 Å². The maximum Gasteiger partial charge on any atom is 0.329 e. The summed E-state index contributed by atoms with van der Waals surface area (Å²) in [5.74, 6) is -0.0318. The van der Waals surface area contributed by atoms with Crippen molar-refractivity contribution in [2.75, 3.05) is 12.4 Å². The van der Waals surface area contributed by atoms with Crippen LogP contribution in [-0.4, -0.2) is 51.5 Å². The Morgan fingerprint density at radius 1 is 1.36 bits per heavy atom. The Balaban J connectivity index is 1.81. The number of hydrogen-bond donors (Lipinski definition) is 3. The molecule has 0 bridgehead atoms. The van der Waals surface area contributed by atoms with Crippen LogP contribution >= 0.6 is 11.5 Å². The van der Waals surface area contributed by atoms with E-state index >= 15 is 0 Å². The lowest BCUT2D eigenvalue weighted by molar-refractivity contribution is -0.142. The largest absolute Gasteiger partial charge is 0.480 e. The van der Waals surface area contributed by atoms with Crippen molar-refractivity contribution in [3.8, 4) is 6.01 Å².